The van der Waals surface area contributed by atoms with Crippen molar-refractivity contribution in [1.29, 1.82) is 0 Å². The number of carboxylic acid groups (broad SMARTS) is 1. The molecule has 8 heteroatoms. The third-order valence-corrected chi connectivity index (χ3v) is 5.90. The number of oxazole rings is 1. The van der Waals surface area contributed by atoms with E-state index in [-0.39, 0.29) is 23.1 Å². The van der Waals surface area contributed by atoms with E-state index in [1.54, 1.807) is 14.0 Å². The number of hydrogen-bond donors (Lipinski definition) is 1. The number of aromatic nitrogens is 2. The molecule has 2 aromatic heterocycles. The average molecular weight is 420 g/mol. The van der Waals surface area contributed by atoms with E-state index in [0.29, 0.717) is 5.58 Å². The van der Waals surface area contributed by atoms with Crippen LogP contribution < -0.4 is 10.5 Å². The number of carboxylic acids is 1. The van der Waals surface area contributed by atoms with Crippen LogP contribution in [0.25, 0.3) is 22.0 Å². The van der Waals surface area contributed by atoms with Gasteiger partial charge in [-0.15, -0.1) is 0 Å². The molecule has 0 unspecified atom stereocenters. The molecule has 1 atom stereocenters. The molecule has 1 aliphatic carbocycles. The maximum absolute atomic E-state index is 13.1. The van der Waals surface area contributed by atoms with Crippen LogP contribution in [0.3, 0.4) is 0 Å². The summed E-state index contributed by atoms with van der Waals surface area (Å²) < 4.78 is 8.60. The quantitative estimate of drug-likeness (QED) is 0.696. The third kappa shape index (κ3) is 2.43. The van der Waals surface area contributed by atoms with Crippen LogP contribution in [0, 0.1) is 6.92 Å². The predicted octanol–water partition coefficient (Wildman–Crippen LogP) is 3.46. The summed E-state index contributed by atoms with van der Waals surface area (Å²) >= 11 is 3.54. The Hall–Kier alpha value is -2.35. The monoisotopic (exact) mass is 419 g/mol. The number of hydrogen-bond acceptors (Lipinski definition) is 5. The van der Waals surface area contributed by atoms with E-state index in [1.165, 1.54) is 4.90 Å². The summed E-state index contributed by atoms with van der Waals surface area (Å²) in [7, 11) is 1.59. The minimum Gasteiger partial charge on any atom is -0.480 e. The fourth-order valence-corrected chi connectivity index (χ4v) is 3.50. The van der Waals surface area contributed by atoms with E-state index in [0.717, 1.165) is 33.8 Å². The van der Waals surface area contributed by atoms with Crippen LogP contribution >= 0.6 is 15.9 Å². The van der Waals surface area contributed by atoms with Gasteiger partial charge in [0.25, 0.3) is 11.6 Å². The molecular formula is C18H18BrN3O4. The minimum absolute atomic E-state index is 0.127. The molecule has 1 aromatic carbocycles. The number of pyridine rings is 1. The van der Waals surface area contributed by atoms with Gasteiger partial charge < -0.3 is 19.0 Å². The lowest BCUT2D eigenvalue weighted by Gasteiger charge is -2.18. The smallest absolute Gasteiger partial charge is 0.326 e. The molecule has 3 aromatic rings. The van der Waals surface area contributed by atoms with Crippen molar-refractivity contribution in [3.05, 3.63) is 32.5 Å². The van der Waals surface area contributed by atoms with Gasteiger partial charge in [0.05, 0.1) is 5.52 Å². The summed E-state index contributed by atoms with van der Waals surface area (Å²) in [4.78, 5) is 30.1. The highest BCUT2D eigenvalue weighted by atomic mass is 79.9. The van der Waals surface area contributed by atoms with Crippen LogP contribution in [0.1, 0.15) is 31.4 Å². The van der Waals surface area contributed by atoms with Crippen molar-refractivity contribution in [1.82, 2.24) is 9.55 Å². The van der Waals surface area contributed by atoms with E-state index in [1.807, 2.05) is 23.6 Å². The van der Waals surface area contributed by atoms with Crippen molar-refractivity contribution >= 4 is 49.9 Å². The number of anilines is 1. The van der Waals surface area contributed by atoms with Crippen molar-refractivity contribution in [3.8, 4) is 0 Å². The molecule has 1 fully saturated rings. The minimum atomic E-state index is -0.991. The van der Waals surface area contributed by atoms with Crippen molar-refractivity contribution in [3.63, 3.8) is 0 Å². The molecule has 1 aliphatic rings. The first-order valence-electron chi connectivity index (χ1n) is 8.40. The predicted molar refractivity (Wildman–Crippen MR) is 102 cm³/mol. The van der Waals surface area contributed by atoms with Gasteiger partial charge in [0.2, 0.25) is 0 Å². The largest absolute Gasteiger partial charge is 0.480 e. The van der Waals surface area contributed by atoms with Gasteiger partial charge in [-0.25, -0.2) is 4.79 Å². The second-order valence-electron chi connectivity index (χ2n) is 6.77. The number of aliphatic carboxylic acids is 1. The zero-order valence-corrected chi connectivity index (χ0v) is 16.2. The molecule has 4 rings (SSSR count). The maximum Gasteiger partial charge on any atom is 0.326 e. The number of nitrogens with zero attached hydrogens (tertiary/aromatic N) is 3. The van der Waals surface area contributed by atoms with Gasteiger partial charge in [0, 0.05) is 22.9 Å². The standard InChI is InChI=1S/C18H18BrN3O4/c1-8-12(19)7-6-11-14(8)22(10-4-5-10)16(23)13-15(11)26-18(20-13)21(3)9(2)17(24)25/h6-7,9-10H,4-5H2,1-3H3,(H,24,25)/t9-/m0/s1. The van der Waals surface area contributed by atoms with Crippen LogP contribution in [0.5, 0.6) is 0 Å². The first-order chi connectivity index (χ1) is 12.3. The first kappa shape index (κ1) is 17.1. The number of rotatable bonds is 4. The number of fused-ring (bicyclic) bond motifs is 3. The second-order valence-corrected chi connectivity index (χ2v) is 7.63. The summed E-state index contributed by atoms with van der Waals surface area (Å²) in [5.41, 5.74) is 2.26. The van der Waals surface area contributed by atoms with Gasteiger partial charge >= 0.3 is 5.97 Å². The maximum atomic E-state index is 13.1. The SMILES string of the molecule is Cc1c(Br)ccc2c3oc(N(C)[C@@H](C)C(=O)O)nc3c(=O)n(C3CC3)c12. The van der Waals surface area contributed by atoms with Crippen LogP contribution in [0.15, 0.2) is 25.8 Å². The topological polar surface area (TPSA) is 88.6 Å². The molecule has 2 heterocycles. The molecular weight excluding hydrogens is 402 g/mol. The van der Waals surface area contributed by atoms with Crippen molar-refractivity contribution in [2.45, 2.75) is 38.8 Å². The first-order valence-corrected chi connectivity index (χ1v) is 9.20. The number of halogens is 1. The average Bonchev–Trinajstić information content (AvgIpc) is 3.34. The highest BCUT2D eigenvalue weighted by Gasteiger charge is 2.31. The van der Waals surface area contributed by atoms with Gasteiger partial charge in [-0.05, 0) is 44.4 Å². The van der Waals surface area contributed by atoms with Gasteiger partial charge in [-0.2, -0.15) is 4.98 Å². The summed E-state index contributed by atoms with van der Waals surface area (Å²) in [6.45, 7) is 3.51. The Morgan fingerprint density at radius 1 is 1.46 bits per heavy atom. The molecule has 1 N–H and O–H groups in total. The number of likely N-dealkylation sites (N-methyl/N-ethyl adjacent to an activating group) is 1. The second kappa shape index (κ2) is 5.84. The lowest BCUT2D eigenvalue weighted by atomic mass is 10.1. The normalized spacial score (nSPS) is 15.5. The number of carbonyl (C=O) groups is 1. The summed E-state index contributed by atoms with van der Waals surface area (Å²) in [5.74, 6) is -0.991. The van der Waals surface area contributed by atoms with Gasteiger partial charge in [0.15, 0.2) is 11.1 Å². The van der Waals surface area contributed by atoms with Crippen LogP contribution in [-0.4, -0.2) is 33.7 Å². The third-order valence-electron chi connectivity index (χ3n) is 5.04. The number of aryl methyl sites for hydroxylation is 1. The molecule has 0 aliphatic heterocycles. The molecule has 0 bridgehead atoms. The van der Waals surface area contributed by atoms with Gasteiger partial charge in [-0.3, -0.25) is 4.79 Å². The molecule has 1 saturated carbocycles. The zero-order chi connectivity index (χ0) is 18.7. The fourth-order valence-electron chi connectivity index (χ4n) is 3.18. The number of benzene rings is 1. The summed E-state index contributed by atoms with van der Waals surface area (Å²) in [5, 5.41) is 10.0. The Bertz CT molecular complexity index is 1110. The fraction of sp³-hybridized carbons (Fsp3) is 0.389. The Balaban J connectivity index is 2.06. The molecule has 0 spiro atoms. The van der Waals surface area contributed by atoms with Crippen molar-refractivity contribution in [2.24, 2.45) is 0 Å². The summed E-state index contributed by atoms with van der Waals surface area (Å²) in [6.07, 6.45) is 1.93. The lowest BCUT2D eigenvalue weighted by Crippen LogP contribution is -2.36. The van der Waals surface area contributed by atoms with Crippen molar-refractivity contribution in [2.75, 3.05) is 11.9 Å². The van der Waals surface area contributed by atoms with E-state index in [9.17, 15) is 14.7 Å². The van der Waals surface area contributed by atoms with Gasteiger partial charge in [0.1, 0.15) is 6.04 Å². The molecule has 26 heavy (non-hydrogen) atoms. The Labute approximate surface area is 157 Å². The Kier molecular flexibility index (Phi) is 3.83. The molecule has 0 amide bonds. The molecule has 0 saturated heterocycles. The van der Waals surface area contributed by atoms with Crippen molar-refractivity contribution < 1.29 is 14.3 Å². The zero-order valence-electron chi connectivity index (χ0n) is 14.6. The molecule has 7 nitrogen and oxygen atoms in total. The van der Waals surface area contributed by atoms with E-state index in [4.69, 9.17) is 4.42 Å². The van der Waals surface area contributed by atoms with E-state index in [2.05, 4.69) is 20.9 Å². The molecule has 0 radical (unpaired) electrons. The lowest BCUT2D eigenvalue weighted by molar-refractivity contribution is -0.138. The molecule has 136 valence electrons. The Morgan fingerprint density at radius 2 is 2.15 bits per heavy atom. The van der Waals surface area contributed by atoms with Crippen LogP contribution in [0.2, 0.25) is 0 Å². The van der Waals surface area contributed by atoms with E-state index < -0.39 is 12.0 Å². The summed E-state index contributed by atoms with van der Waals surface area (Å²) in [6, 6.07) is 3.31. The van der Waals surface area contributed by atoms with E-state index >= 15 is 0 Å². The highest BCUT2D eigenvalue weighted by molar-refractivity contribution is 9.10. The van der Waals surface area contributed by atoms with Gasteiger partial charge in [-0.1, -0.05) is 15.9 Å². The highest BCUT2D eigenvalue weighted by Crippen LogP contribution is 2.40. The Morgan fingerprint density at radius 3 is 2.77 bits per heavy atom. The van der Waals surface area contributed by atoms with Crippen LogP contribution in [0.4, 0.5) is 6.01 Å². The van der Waals surface area contributed by atoms with Crippen LogP contribution in [-0.2, 0) is 4.79 Å².